The van der Waals surface area contributed by atoms with Crippen molar-refractivity contribution in [2.24, 2.45) is 0 Å². The predicted octanol–water partition coefficient (Wildman–Crippen LogP) is 3.53. The Morgan fingerprint density at radius 1 is 1.32 bits per heavy atom. The van der Waals surface area contributed by atoms with Gasteiger partial charge in [-0.25, -0.2) is 9.78 Å². The number of esters is 1. The van der Waals surface area contributed by atoms with Gasteiger partial charge in [0.25, 0.3) is 5.56 Å². The van der Waals surface area contributed by atoms with Crippen LogP contribution in [-0.4, -0.2) is 35.3 Å². The molecule has 0 N–H and O–H groups in total. The van der Waals surface area contributed by atoms with E-state index in [1.54, 1.807) is 13.8 Å². The number of halogens is 1. The van der Waals surface area contributed by atoms with E-state index in [0.717, 1.165) is 10.0 Å². The lowest BCUT2D eigenvalue weighted by Gasteiger charge is -2.20. The number of thiophene rings is 1. The second-order valence-corrected chi connectivity index (χ2v) is 8.08. The summed E-state index contributed by atoms with van der Waals surface area (Å²) in [7, 11) is 0. The summed E-state index contributed by atoms with van der Waals surface area (Å²) in [4.78, 5) is 30.5. The van der Waals surface area contributed by atoms with Gasteiger partial charge in [0, 0.05) is 4.47 Å². The van der Waals surface area contributed by atoms with Gasteiger partial charge in [-0.05, 0) is 37.1 Å². The third-order valence-electron chi connectivity index (χ3n) is 4.43. The Balaban J connectivity index is 1.74. The van der Waals surface area contributed by atoms with Gasteiger partial charge in [0.15, 0.2) is 11.5 Å². The van der Waals surface area contributed by atoms with Crippen molar-refractivity contribution in [1.29, 1.82) is 0 Å². The molecule has 0 radical (unpaired) electrons. The van der Waals surface area contributed by atoms with Crippen LogP contribution in [0.5, 0.6) is 11.5 Å². The van der Waals surface area contributed by atoms with Crippen LogP contribution in [0.3, 0.4) is 0 Å². The molecule has 1 aliphatic heterocycles. The van der Waals surface area contributed by atoms with Gasteiger partial charge < -0.3 is 14.2 Å². The van der Waals surface area contributed by atoms with Crippen molar-refractivity contribution in [2.75, 3.05) is 19.8 Å². The van der Waals surface area contributed by atoms with Gasteiger partial charge >= 0.3 is 5.97 Å². The molecule has 3 heterocycles. The first-order valence-corrected chi connectivity index (χ1v) is 10.3. The second kappa shape index (κ2) is 7.56. The van der Waals surface area contributed by atoms with Crippen LogP contribution in [-0.2, 0) is 11.3 Å². The molecule has 0 bridgehead atoms. The maximum atomic E-state index is 13.1. The highest BCUT2D eigenvalue weighted by atomic mass is 79.9. The number of aryl methyl sites for hydroxylation is 1. The van der Waals surface area contributed by atoms with Crippen molar-refractivity contribution < 1.29 is 19.0 Å². The van der Waals surface area contributed by atoms with Gasteiger partial charge in [0.1, 0.15) is 22.9 Å². The standard InChI is InChI=1S/C19H17BrN2O5S/c1-3-25-19(24)16-10(2)15-17(28-16)21-9-22(18(15)23)8-11-6-13-14(7-12(11)20)27-5-4-26-13/h6-7,9H,3-5,8H2,1-2H3. The molecule has 2 aromatic heterocycles. The molecule has 3 aromatic rings. The van der Waals surface area contributed by atoms with Gasteiger partial charge in [-0.1, -0.05) is 15.9 Å². The summed E-state index contributed by atoms with van der Waals surface area (Å²) >= 11 is 4.71. The molecule has 0 spiro atoms. The molecule has 9 heteroatoms. The number of nitrogens with zero attached hydrogens (tertiary/aromatic N) is 2. The Labute approximate surface area is 173 Å². The Morgan fingerprint density at radius 3 is 2.75 bits per heavy atom. The average molecular weight is 465 g/mol. The number of hydrogen-bond donors (Lipinski definition) is 0. The number of carbonyl (C=O) groups excluding carboxylic acids is 1. The van der Waals surface area contributed by atoms with Crippen molar-refractivity contribution in [1.82, 2.24) is 9.55 Å². The largest absolute Gasteiger partial charge is 0.486 e. The van der Waals surface area contributed by atoms with E-state index in [9.17, 15) is 9.59 Å². The summed E-state index contributed by atoms with van der Waals surface area (Å²) in [6.07, 6.45) is 1.50. The number of ether oxygens (including phenoxy) is 3. The highest BCUT2D eigenvalue weighted by Crippen LogP contribution is 2.36. The molecule has 0 saturated heterocycles. The summed E-state index contributed by atoms with van der Waals surface area (Å²) in [5.74, 6) is 0.905. The summed E-state index contributed by atoms with van der Waals surface area (Å²) < 4.78 is 18.6. The highest BCUT2D eigenvalue weighted by Gasteiger charge is 2.21. The second-order valence-electron chi connectivity index (χ2n) is 6.22. The molecule has 0 fully saturated rings. The minimum Gasteiger partial charge on any atom is -0.486 e. The molecule has 0 saturated carbocycles. The number of aromatic nitrogens is 2. The van der Waals surface area contributed by atoms with E-state index in [-0.39, 0.29) is 12.2 Å². The highest BCUT2D eigenvalue weighted by molar-refractivity contribution is 9.10. The van der Waals surface area contributed by atoms with E-state index in [0.29, 0.717) is 51.9 Å². The minimum atomic E-state index is -0.427. The summed E-state index contributed by atoms with van der Waals surface area (Å²) in [5.41, 5.74) is 1.27. The van der Waals surface area contributed by atoms with Gasteiger partial charge in [-0.2, -0.15) is 0 Å². The fraction of sp³-hybridized carbons (Fsp3) is 0.316. The number of rotatable bonds is 4. The normalized spacial score (nSPS) is 13.0. The third kappa shape index (κ3) is 3.29. The maximum absolute atomic E-state index is 13.1. The van der Waals surface area contributed by atoms with Gasteiger partial charge in [-0.15, -0.1) is 11.3 Å². The van der Waals surface area contributed by atoms with Crippen LogP contribution in [0.2, 0.25) is 0 Å². The van der Waals surface area contributed by atoms with Gasteiger partial charge in [0.05, 0.1) is 24.9 Å². The SMILES string of the molecule is CCOC(=O)c1sc2ncn(Cc3cc4c(cc3Br)OCCO4)c(=O)c2c1C. The molecule has 1 aliphatic rings. The first-order chi connectivity index (χ1) is 13.5. The van der Waals surface area contributed by atoms with E-state index in [2.05, 4.69) is 20.9 Å². The van der Waals surface area contributed by atoms with Crippen LogP contribution in [0.4, 0.5) is 0 Å². The van der Waals surface area contributed by atoms with Crippen molar-refractivity contribution in [2.45, 2.75) is 20.4 Å². The van der Waals surface area contributed by atoms with Crippen molar-refractivity contribution in [3.05, 3.63) is 49.3 Å². The quantitative estimate of drug-likeness (QED) is 0.549. The maximum Gasteiger partial charge on any atom is 0.348 e. The number of hydrogen-bond acceptors (Lipinski definition) is 7. The monoisotopic (exact) mass is 464 g/mol. The fourth-order valence-electron chi connectivity index (χ4n) is 3.07. The van der Waals surface area contributed by atoms with E-state index >= 15 is 0 Å². The average Bonchev–Trinajstić information content (AvgIpc) is 3.02. The van der Waals surface area contributed by atoms with Crippen molar-refractivity contribution in [3.63, 3.8) is 0 Å². The molecular formula is C19H17BrN2O5S. The van der Waals surface area contributed by atoms with E-state index in [1.165, 1.54) is 22.2 Å². The lowest BCUT2D eigenvalue weighted by atomic mass is 10.2. The van der Waals surface area contributed by atoms with E-state index < -0.39 is 5.97 Å². The summed E-state index contributed by atoms with van der Waals surface area (Å²) in [5, 5.41) is 0.448. The summed E-state index contributed by atoms with van der Waals surface area (Å²) in [6.45, 7) is 5.09. The lowest BCUT2D eigenvalue weighted by molar-refractivity contribution is 0.0531. The van der Waals surface area contributed by atoms with Crippen LogP contribution >= 0.6 is 27.3 Å². The molecule has 1 aromatic carbocycles. The Kier molecular flexibility index (Phi) is 5.11. The van der Waals surface area contributed by atoms with E-state index in [1.807, 2.05) is 12.1 Å². The Hall–Kier alpha value is -2.39. The molecule has 0 amide bonds. The van der Waals surface area contributed by atoms with Crippen LogP contribution in [0.15, 0.2) is 27.7 Å². The van der Waals surface area contributed by atoms with Crippen LogP contribution < -0.4 is 15.0 Å². The first-order valence-electron chi connectivity index (χ1n) is 8.73. The molecule has 0 aliphatic carbocycles. The van der Waals surface area contributed by atoms with E-state index in [4.69, 9.17) is 14.2 Å². The van der Waals surface area contributed by atoms with Crippen molar-refractivity contribution >= 4 is 43.5 Å². The molecule has 28 heavy (non-hydrogen) atoms. The van der Waals surface area contributed by atoms with Gasteiger partial charge in [-0.3, -0.25) is 9.36 Å². The molecule has 7 nitrogen and oxygen atoms in total. The predicted molar refractivity (Wildman–Crippen MR) is 109 cm³/mol. The van der Waals surface area contributed by atoms with Crippen LogP contribution in [0.1, 0.15) is 27.7 Å². The molecule has 4 rings (SSSR count). The van der Waals surface area contributed by atoms with Crippen LogP contribution in [0.25, 0.3) is 10.2 Å². The van der Waals surface area contributed by atoms with Crippen LogP contribution in [0, 0.1) is 6.92 Å². The first kappa shape index (κ1) is 18.9. The number of benzene rings is 1. The Morgan fingerprint density at radius 2 is 2.04 bits per heavy atom. The smallest absolute Gasteiger partial charge is 0.348 e. The fourth-order valence-corrected chi connectivity index (χ4v) is 4.55. The molecule has 0 unspecified atom stereocenters. The topological polar surface area (TPSA) is 79.7 Å². The lowest BCUT2D eigenvalue weighted by Crippen LogP contribution is -2.22. The number of fused-ring (bicyclic) bond motifs is 2. The van der Waals surface area contributed by atoms with Gasteiger partial charge in [0.2, 0.25) is 0 Å². The number of carbonyl (C=O) groups is 1. The molecule has 146 valence electrons. The zero-order valence-electron chi connectivity index (χ0n) is 15.3. The molecular weight excluding hydrogens is 448 g/mol. The Bertz CT molecular complexity index is 1140. The zero-order valence-corrected chi connectivity index (χ0v) is 17.7. The summed E-state index contributed by atoms with van der Waals surface area (Å²) in [6, 6.07) is 3.70. The van der Waals surface area contributed by atoms with Crippen molar-refractivity contribution in [3.8, 4) is 11.5 Å². The molecule has 0 atom stereocenters. The third-order valence-corrected chi connectivity index (χ3v) is 6.35. The minimum absolute atomic E-state index is 0.198. The zero-order chi connectivity index (χ0) is 19.8.